The van der Waals surface area contributed by atoms with Crippen LogP contribution in [-0.4, -0.2) is 11.6 Å². The van der Waals surface area contributed by atoms with Crippen LogP contribution in [0.5, 0.6) is 5.75 Å². The number of pyridine rings is 1. The van der Waals surface area contributed by atoms with Gasteiger partial charge in [0.25, 0.3) is 0 Å². The van der Waals surface area contributed by atoms with E-state index in [2.05, 4.69) is 32.0 Å². The number of ether oxygens (including phenoxy) is 1. The maximum atomic E-state index is 6.07. The third kappa shape index (κ3) is 3.27. The van der Waals surface area contributed by atoms with Gasteiger partial charge in [-0.3, -0.25) is 4.98 Å². The van der Waals surface area contributed by atoms with E-state index in [-0.39, 0.29) is 0 Å². The molecule has 0 aliphatic carbocycles. The van der Waals surface area contributed by atoms with Gasteiger partial charge < -0.3 is 4.74 Å². The van der Waals surface area contributed by atoms with E-state index in [0.717, 1.165) is 35.5 Å². The van der Waals surface area contributed by atoms with Crippen molar-refractivity contribution in [3.8, 4) is 17.0 Å². The summed E-state index contributed by atoms with van der Waals surface area (Å²) in [6.07, 6.45) is 1.98. The summed E-state index contributed by atoms with van der Waals surface area (Å²) < 4.78 is 5.79. The van der Waals surface area contributed by atoms with Gasteiger partial charge in [0.15, 0.2) is 0 Å². The Morgan fingerprint density at radius 3 is 2.23 bits per heavy atom. The molecule has 0 saturated heterocycles. The second-order valence-corrected chi connectivity index (χ2v) is 5.56. The highest BCUT2D eigenvalue weighted by Gasteiger charge is 2.15. The van der Waals surface area contributed by atoms with Crippen molar-refractivity contribution in [1.82, 2.24) is 4.98 Å². The Labute approximate surface area is 138 Å². The van der Waals surface area contributed by atoms with Crippen molar-refractivity contribution in [2.24, 2.45) is 0 Å². The van der Waals surface area contributed by atoms with Crippen LogP contribution < -0.4 is 4.74 Å². The summed E-state index contributed by atoms with van der Waals surface area (Å²) in [6, 6.07) is 8.54. The van der Waals surface area contributed by atoms with Crippen LogP contribution in [0, 0.1) is 6.92 Å². The minimum absolute atomic E-state index is 0.421. The van der Waals surface area contributed by atoms with E-state index in [9.17, 15) is 0 Å². The number of hydrogen-bond acceptors (Lipinski definition) is 2. The molecule has 1 aromatic heterocycles. The lowest BCUT2D eigenvalue weighted by atomic mass is 9.94. The molecular weight excluding hydrogens is 294 g/mol. The Morgan fingerprint density at radius 2 is 1.73 bits per heavy atom. The zero-order valence-electron chi connectivity index (χ0n) is 13.9. The highest BCUT2D eigenvalue weighted by molar-refractivity contribution is 6.17. The van der Waals surface area contributed by atoms with E-state index in [1.165, 1.54) is 16.7 Å². The minimum Gasteiger partial charge on any atom is -0.493 e. The van der Waals surface area contributed by atoms with Crippen LogP contribution in [0.15, 0.2) is 24.3 Å². The average Bonchev–Trinajstić information content (AvgIpc) is 2.54. The molecule has 0 aliphatic rings. The van der Waals surface area contributed by atoms with Crippen LogP contribution in [0.3, 0.4) is 0 Å². The topological polar surface area (TPSA) is 22.1 Å². The summed E-state index contributed by atoms with van der Waals surface area (Å²) in [6.45, 7) is 8.99. The van der Waals surface area contributed by atoms with Gasteiger partial charge in [0, 0.05) is 22.9 Å². The molecule has 2 aromatic rings. The zero-order valence-corrected chi connectivity index (χ0v) is 14.6. The van der Waals surface area contributed by atoms with E-state index < -0.39 is 0 Å². The predicted molar refractivity (Wildman–Crippen MR) is 93.9 cm³/mol. The molecule has 0 fully saturated rings. The van der Waals surface area contributed by atoms with Gasteiger partial charge in [-0.2, -0.15) is 0 Å². The molecule has 0 spiro atoms. The zero-order chi connectivity index (χ0) is 16.1. The van der Waals surface area contributed by atoms with Crippen LogP contribution in [-0.2, 0) is 18.7 Å². The van der Waals surface area contributed by atoms with Gasteiger partial charge in [-0.1, -0.05) is 32.0 Å². The molecule has 2 nitrogen and oxygen atoms in total. The minimum atomic E-state index is 0.421. The molecule has 0 unspecified atom stereocenters. The van der Waals surface area contributed by atoms with E-state index in [1.54, 1.807) is 0 Å². The van der Waals surface area contributed by atoms with Crippen molar-refractivity contribution >= 4 is 11.6 Å². The molecule has 22 heavy (non-hydrogen) atoms. The van der Waals surface area contributed by atoms with Crippen molar-refractivity contribution in [3.05, 3.63) is 46.6 Å². The van der Waals surface area contributed by atoms with Gasteiger partial charge >= 0.3 is 0 Å². The molecular formula is C19H24ClNO. The predicted octanol–water partition coefficient (Wildman–Crippen LogP) is 5.32. The van der Waals surface area contributed by atoms with Crippen LogP contribution in [0.2, 0.25) is 0 Å². The number of hydrogen-bond donors (Lipinski definition) is 0. The SMILES string of the molecule is CCOc1cc(-c2c(CC)cccc2CC)nc(C)c1CCl. The second kappa shape index (κ2) is 7.64. The fraction of sp³-hybridized carbons (Fsp3) is 0.421. The quantitative estimate of drug-likeness (QED) is 0.673. The Hall–Kier alpha value is -1.54. The largest absolute Gasteiger partial charge is 0.493 e. The molecule has 1 heterocycles. The van der Waals surface area contributed by atoms with Gasteiger partial charge in [-0.15, -0.1) is 11.6 Å². The molecule has 0 radical (unpaired) electrons. The standard InChI is InChI=1S/C19H24ClNO/c1-5-14-9-8-10-15(6-2)19(14)17-11-18(22-7-3)16(12-20)13(4)21-17/h8-11H,5-7,12H2,1-4H3. The lowest BCUT2D eigenvalue weighted by molar-refractivity contribution is 0.337. The summed E-state index contributed by atoms with van der Waals surface area (Å²) in [5.74, 6) is 1.28. The number of nitrogens with zero attached hydrogens (tertiary/aromatic N) is 1. The third-order valence-corrected chi connectivity index (χ3v) is 4.25. The van der Waals surface area contributed by atoms with Crippen molar-refractivity contribution in [2.45, 2.75) is 46.4 Å². The molecule has 0 N–H and O–H groups in total. The molecule has 0 bridgehead atoms. The Morgan fingerprint density at radius 1 is 1.09 bits per heavy atom. The van der Waals surface area contributed by atoms with Crippen molar-refractivity contribution in [3.63, 3.8) is 0 Å². The third-order valence-electron chi connectivity index (χ3n) is 3.98. The van der Waals surface area contributed by atoms with Crippen LogP contribution in [0.1, 0.15) is 43.2 Å². The fourth-order valence-corrected chi connectivity index (χ4v) is 3.14. The van der Waals surface area contributed by atoms with E-state index in [1.807, 2.05) is 19.9 Å². The highest BCUT2D eigenvalue weighted by atomic mass is 35.5. The summed E-state index contributed by atoms with van der Waals surface area (Å²) in [5, 5.41) is 0. The van der Waals surface area contributed by atoms with Crippen molar-refractivity contribution < 1.29 is 4.74 Å². The Balaban J connectivity index is 2.67. The highest BCUT2D eigenvalue weighted by Crippen LogP contribution is 2.33. The first-order valence-electron chi connectivity index (χ1n) is 7.96. The summed E-state index contributed by atoms with van der Waals surface area (Å²) in [7, 11) is 0. The van der Waals surface area contributed by atoms with Gasteiger partial charge in [-0.25, -0.2) is 0 Å². The van der Waals surface area contributed by atoms with Gasteiger partial charge in [-0.05, 0) is 37.8 Å². The van der Waals surface area contributed by atoms with Gasteiger partial charge in [0.1, 0.15) is 5.75 Å². The van der Waals surface area contributed by atoms with Crippen LogP contribution in [0.25, 0.3) is 11.3 Å². The maximum absolute atomic E-state index is 6.07. The molecule has 3 heteroatoms. The fourth-order valence-electron chi connectivity index (χ4n) is 2.82. The smallest absolute Gasteiger partial charge is 0.127 e. The lowest BCUT2D eigenvalue weighted by Gasteiger charge is -2.17. The molecule has 2 rings (SSSR count). The second-order valence-electron chi connectivity index (χ2n) is 5.29. The van der Waals surface area contributed by atoms with Gasteiger partial charge in [0.2, 0.25) is 0 Å². The number of aryl methyl sites for hydroxylation is 3. The summed E-state index contributed by atoms with van der Waals surface area (Å²) in [4.78, 5) is 4.81. The summed E-state index contributed by atoms with van der Waals surface area (Å²) in [5.41, 5.74) is 6.82. The Bertz CT molecular complexity index is 630. The monoisotopic (exact) mass is 317 g/mol. The summed E-state index contributed by atoms with van der Waals surface area (Å²) >= 11 is 6.07. The molecule has 0 amide bonds. The van der Waals surface area contributed by atoms with Crippen LogP contribution >= 0.6 is 11.6 Å². The number of halogens is 1. The average molecular weight is 318 g/mol. The first kappa shape index (κ1) is 16.8. The lowest BCUT2D eigenvalue weighted by Crippen LogP contribution is -2.03. The maximum Gasteiger partial charge on any atom is 0.127 e. The Kier molecular flexibility index (Phi) is 5.84. The number of alkyl halides is 1. The van der Waals surface area contributed by atoms with Gasteiger partial charge in [0.05, 0.1) is 18.2 Å². The molecule has 0 aliphatic heterocycles. The van der Waals surface area contributed by atoms with E-state index in [0.29, 0.717) is 12.5 Å². The molecule has 0 saturated carbocycles. The molecule has 0 atom stereocenters. The number of rotatable bonds is 6. The van der Waals surface area contributed by atoms with Crippen LogP contribution in [0.4, 0.5) is 0 Å². The van der Waals surface area contributed by atoms with Crippen molar-refractivity contribution in [1.29, 1.82) is 0 Å². The van der Waals surface area contributed by atoms with E-state index >= 15 is 0 Å². The number of benzene rings is 1. The molecule has 1 aromatic carbocycles. The first-order valence-corrected chi connectivity index (χ1v) is 8.50. The number of aromatic nitrogens is 1. The molecule has 118 valence electrons. The van der Waals surface area contributed by atoms with Crippen molar-refractivity contribution in [2.75, 3.05) is 6.61 Å². The van der Waals surface area contributed by atoms with E-state index in [4.69, 9.17) is 21.3 Å². The normalized spacial score (nSPS) is 10.8. The first-order chi connectivity index (χ1) is 10.7.